The zero-order valence-electron chi connectivity index (χ0n) is 16.8. The molecule has 1 heterocycles. The van der Waals surface area contributed by atoms with Crippen LogP contribution in [0.25, 0.3) is 0 Å². The average molecular weight is 418 g/mol. The molecular weight excluding hydrogens is 390 g/mol. The van der Waals surface area contributed by atoms with Crippen molar-refractivity contribution >= 4 is 40.4 Å². The Balaban J connectivity index is 1.61. The van der Waals surface area contributed by atoms with Gasteiger partial charge in [0.2, 0.25) is 11.8 Å². The lowest BCUT2D eigenvalue weighted by molar-refractivity contribution is -0.132. The van der Waals surface area contributed by atoms with E-state index in [4.69, 9.17) is 4.74 Å². The number of thioether (sulfide) groups is 1. The molecule has 1 N–H and O–H groups in total. The number of benzene rings is 1. The fourth-order valence-electron chi connectivity index (χ4n) is 3.69. The van der Waals surface area contributed by atoms with Crippen LogP contribution in [0.15, 0.2) is 29.3 Å². The second-order valence-corrected chi connectivity index (χ2v) is 8.40. The first-order chi connectivity index (χ1) is 14.0. The summed E-state index contributed by atoms with van der Waals surface area (Å²) in [4.78, 5) is 42.9. The van der Waals surface area contributed by atoms with E-state index in [1.807, 2.05) is 11.8 Å². The summed E-state index contributed by atoms with van der Waals surface area (Å²) >= 11 is 1.40. The highest BCUT2D eigenvalue weighted by atomic mass is 32.2. The summed E-state index contributed by atoms with van der Waals surface area (Å²) in [6.45, 7) is 3.90. The second kappa shape index (κ2) is 9.91. The summed E-state index contributed by atoms with van der Waals surface area (Å²) < 4.78 is 4.98. The minimum Gasteiger partial charge on any atom is -0.427 e. The van der Waals surface area contributed by atoms with Crippen LogP contribution >= 0.6 is 11.8 Å². The van der Waals surface area contributed by atoms with Crippen LogP contribution in [0.4, 0.5) is 5.69 Å². The number of esters is 1. The first-order valence-electron chi connectivity index (χ1n) is 10.1. The topological polar surface area (TPSA) is 88.1 Å². The summed E-state index contributed by atoms with van der Waals surface area (Å²) in [6.07, 6.45) is 5.58. The maximum Gasteiger partial charge on any atom is 0.308 e. The third-order valence-electron chi connectivity index (χ3n) is 4.97. The highest BCUT2D eigenvalue weighted by molar-refractivity contribution is 8.15. The molecule has 0 aromatic heterocycles. The Morgan fingerprint density at radius 2 is 1.90 bits per heavy atom. The predicted molar refractivity (Wildman–Crippen MR) is 114 cm³/mol. The number of hydrogen-bond acceptors (Lipinski definition) is 6. The summed E-state index contributed by atoms with van der Waals surface area (Å²) in [6, 6.07) is 6.76. The van der Waals surface area contributed by atoms with Gasteiger partial charge in [0.25, 0.3) is 0 Å². The quantitative estimate of drug-likeness (QED) is 0.564. The Morgan fingerprint density at radius 3 is 2.52 bits per heavy atom. The Hall–Kier alpha value is -2.35. The van der Waals surface area contributed by atoms with Gasteiger partial charge in [-0.3, -0.25) is 24.3 Å². The number of aliphatic imine (C=N–C) groups is 1. The SMILES string of the molecule is CCN=C1S[C@H](CC(=O)Nc2ccc(OC(C)=O)cc2)C(=O)N1C1CCCCC1. The van der Waals surface area contributed by atoms with Crippen LogP contribution in [0, 0.1) is 0 Å². The van der Waals surface area contributed by atoms with Gasteiger partial charge in [-0.05, 0) is 44.0 Å². The van der Waals surface area contributed by atoms with Crippen molar-refractivity contribution in [1.82, 2.24) is 4.90 Å². The smallest absolute Gasteiger partial charge is 0.308 e. The van der Waals surface area contributed by atoms with Gasteiger partial charge in [0.05, 0.1) is 0 Å². The van der Waals surface area contributed by atoms with Crippen molar-refractivity contribution in [1.29, 1.82) is 0 Å². The number of carbonyl (C=O) groups is 3. The molecule has 1 saturated carbocycles. The molecule has 8 heteroatoms. The van der Waals surface area contributed by atoms with E-state index >= 15 is 0 Å². The molecule has 156 valence electrons. The lowest BCUT2D eigenvalue weighted by Crippen LogP contribution is -2.42. The number of carbonyl (C=O) groups excluding carboxylic acids is 3. The normalized spacial score (nSPS) is 21.4. The van der Waals surface area contributed by atoms with Crippen LogP contribution in [-0.2, 0) is 14.4 Å². The fraction of sp³-hybridized carbons (Fsp3) is 0.524. The van der Waals surface area contributed by atoms with Gasteiger partial charge < -0.3 is 10.1 Å². The third kappa shape index (κ3) is 5.59. The third-order valence-corrected chi connectivity index (χ3v) is 6.16. The van der Waals surface area contributed by atoms with Gasteiger partial charge in [0.15, 0.2) is 5.17 Å². The first-order valence-corrected chi connectivity index (χ1v) is 11.0. The van der Waals surface area contributed by atoms with Gasteiger partial charge in [0, 0.05) is 31.6 Å². The molecule has 1 aliphatic heterocycles. The van der Waals surface area contributed by atoms with Gasteiger partial charge in [-0.15, -0.1) is 0 Å². The van der Waals surface area contributed by atoms with Crippen molar-refractivity contribution in [2.24, 2.45) is 4.99 Å². The molecule has 1 aromatic carbocycles. The van der Waals surface area contributed by atoms with Crippen molar-refractivity contribution in [3.8, 4) is 5.75 Å². The fourth-order valence-corrected chi connectivity index (χ4v) is 4.95. The minimum absolute atomic E-state index is 0.00513. The second-order valence-electron chi connectivity index (χ2n) is 7.23. The lowest BCUT2D eigenvalue weighted by atomic mass is 9.94. The lowest BCUT2D eigenvalue weighted by Gasteiger charge is -2.30. The number of amides is 2. The molecule has 0 bridgehead atoms. The highest BCUT2D eigenvalue weighted by Gasteiger charge is 2.42. The zero-order valence-corrected chi connectivity index (χ0v) is 17.7. The molecule has 0 unspecified atom stereocenters. The molecular formula is C21H27N3O4S. The van der Waals surface area contributed by atoms with Crippen LogP contribution in [0.5, 0.6) is 5.75 Å². The molecule has 2 aliphatic rings. The van der Waals surface area contributed by atoms with Gasteiger partial charge in [-0.25, -0.2) is 0 Å². The summed E-state index contributed by atoms with van der Waals surface area (Å²) in [5.74, 6) is -0.210. The largest absolute Gasteiger partial charge is 0.427 e. The number of nitrogens with one attached hydrogen (secondary N) is 1. The molecule has 1 saturated heterocycles. The van der Waals surface area contributed by atoms with E-state index in [1.165, 1.54) is 25.1 Å². The van der Waals surface area contributed by atoms with Crippen molar-refractivity contribution < 1.29 is 19.1 Å². The average Bonchev–Trinajstić information content (AvgIpc) is 2.99. The van der Waals surface area contributed by atoms with Gasteiger partial charge >= 0.3 is 5.97 Å². The van der Waals surface area contributed by atoms with Crippen molar-refractivity contribution in [3.63, 3.8) is 0 Å². The monoisotopic (exact) mass is 417 g/mol. The van der Waals surface area contributed by atoms with Crippen LogP contribution in [0.1, 0.15) is 52.4 Å². The van der Waals surface area contributed by atoms with E-state index in [0.29, 0.717) is 18.0 Å². The van der Waals surface area contributed by atoms with E-state index in [1.54, 1.807) is 24.3 Å². The molecule has 0 radical (unpaired) electrons. The molecule has 7 nitrogen and oxygen atoms in total. The van der Waals surface area contributed by atoms with E-state index in [0.717, 1.165) is 30.9 Å². The Kier molecular flexibility index (Phi) is 7.30. The Bertz CT molecular complexity index is 788. The summed E-state index contributed by atoms with van der Waals surface area (Å²) in [5, 5.41) is 3.12. The predicted octanol–water partition coefficient (Wildman–Crippen LogP) is 3.59. The van der Waals surface area contributed by atoms with Crippen LogP contribution < -0.4 is 10.1 Å². The molecule has 2 fully saturated rings. The Labute approximate surface area is 175 Å². The summed E-state index contributed by atoms with van der Waals surface area (Å²) in [7, 11) is 0. The first kappa shape index (κ1) is 21.4. The van der Waals surface area contributed by atoms with Crippen LogP contribution in [0.2, 0.25) is 0 Å². The van der Waals surface area contributed by atoms with E-state index in [-0.39, 0.29) is 24.3 Å². The minimum atomic E-state index is -0.442. The van der Waals surface area contributed by atoms with Gasteiger partial charge in [0.1, 0.15) is 11.0 Å². The molecule has 3 rings (SSSR count). The molecule has 1 aliphatic carbocycles. The highest BCUT2D eigenvalue weighted by Crippen LogP contribution is 2.35. The zero-order chi connectivity index (χ0) is 20.8. The van der Waals surface area contributed by atoms with E-state index < -0.39 is 11.2 Å². The maximum absolute atomic E-state index is 13.0. The molecule has 1 aromatic rings. The number of rotatable bonds is 6. The summed E-state index contributed by atoms with van der Waals surface area (Å²) in [5.41, 5.74) is 0.591. The van der Waals surface area contributed by atoms with Gasteiger partial charge in [-0.1, -0.05) is 31.0 Å². The molecule has 0 spiro atoms. The van der Waals surface area contributed by atoms with Crippen molar-refractivity contribution in [3.05, 3.63) is 24.3 Å². The molecule has 2 amide bonds. The standard InChI is InChI=1S/C21H27N3O4S/c1-3-22-21-24(16-7-5-4-6-8-16)20(27)18(29-21)13-19(26)23-15-9-11-17(12-10-15)28-14(2)25/h9-12,16,18H,3-8,13H2,1-2H3,(H,23,26)/t18-/m1/s1. The van der Waals surface area contributed by atoms with Crippen molar-refractivity contribution in [2.75, 3.05) is 11.9 Å². The molecule has 29 heavy (non-hydrogen) atoms. The number of hydrogen-bond donors (Lipinski definition) is 1. The molecule has 1 atom stereocenters. The van der Waals surface area contributed by atoms with E-state index in [9.17, 15) is 14.4 Å². The van der Waals surface area contributed by atoms with Crippen LogP contribution in [0.3, 0.4) is 0 Å². The Morgan fingerprint density at radius 1 is 1.21 bits per heavy atom. The number of anilines is 1. The number of nitrogens with zero attached hydrogens (tertiary/aromatic N) is 2. The van der Waals surface area contributed by atoms with Crippen LogP contribution in [-0.4, -0.2) is 45.7 Å². The van der Waals surface area contributed by atoms with Crippen molar-refractivity contribution in [2.45, 2.75) is 63.7 Å². The number of amidine groups is 1. The maximum atomic E-state index is 13.0. The van der Waals surface area contributed by atoms with Gasteiger partial charge in [-0.2, -0.15) is 0 Å². The number of ether oxygens (including phenoxy) is 1. The van der Waals surface area contributed by atoms with E-state index in [2.05, 4.69) is 10.3 Å².